The lowest BCUT2D eigenvalue weighted by atomic mass is 9.94. The number of benzene rings is 6. The Kier molecular flexibility index (Phi) is 12.2. The van der Waals surface area contributed by atoms with Crippen LogP contribution in [-0.4, -0.2) is 78.1 Å². The van der Waals surface area contributed by atoms with Crippen molar-refractivity contribution < 1.29 is 63.8 Å². The highest BCUT2D eigenvalue weighted by Crippen LogP contribution is 2.44. The fourth-order valence-corrected chi connectivity index (χ4v) is 9.30. The first-order valence-electron chi connectivity index (χ1n) is 22.5. The van der Waals surface area contributed by atoms with Gasteiger partial charge < -0.3 is 72.3 Å². The minimum absolute atomic E-state index is 0.00650. The summed E-state index contributed by atoms with van der Waals surface area (Å²) in [6.45, 7) is 0. The minimum atomic E-state index is -1.87. The largest absolute Gasteiger partial charge is 0.508 e. The third kappa shape index (κ3) is 9.42. The lowest BCUT2D eigenvalue weighted by Crippen LogP contribution is -2.54. The molecule has 0 saturated carbocycles. The molecule has 6 aromatic carbocycles. The van der Waals surface area contributed by atoms with Crippen LogP contribution in [0.3, 0.4) is 0 Å². The number of carbonyl (C=O) groups excluding carboxylic acids is 5. The van der Waals surface area contributed by atoms with Crippen molar-refractivity contribution >= 4 is 58.0 Å². The standard InChI is InChI=1S/C52H42ClN7O13/c53-34-15-24-5-10-39(34)73-40-18-25(4-9-38(40)63)45(52(70)71)60-48(66)37-11-22-1-6-31(7-2-22)72-41-19-27-14-33(46(41)64)23-3-8-32-28(21-55-36(32)17-23)16-35(54)47(65)57-43(26-12-29(61)20-30(62)13-26)50(68)59-44(27)51(69)58-42(24)49(67)56-37/h1-10,12-15,17-21,35,37,42-45,55,61-64H,11,16,54H2,(H,56,67)(H,57,65)(H,58,69)(H,59,68)(H,60,66)(H,70,71)/t35?,37-,42?,43-,44?,45?/m1/s1. The summed E-state index contributed by atoms with van der Waals surface area (Å²) in [6.07, 6.45) is 1.40. The van der Waals surface area contributed by atoms with Gasteiger partial charge in [0.1, 0.15) is 47.2 Å². The van der Waals surface area contributed by atoms with Gasteiger partial charge in [0.05, 0.1) is 11.1 Å². The SMILES string of the molecule is NC1Cc2c[nH]c3cc(ccc23)-c2cc3cc(c2O)Oc2ccc(cc2)C[C@H]2NC(=O)C(NC(=O)C3NC(=O)[C@@H](c3cc(O)cc(O)c3)NC1=O)c1ccc(c(Cl)c1)Oc1cc(ccc1O)C(C(=O)O)NC2=O. The normalized spacial score (nSPS) is 21.0. The number of hydrogen-bond acceptors (Lipinski definition) is 13. The fourth-order valence-electron chi connectivity index (χ4n) is 9.07. The Bertz CT molecular complexity index is 3430. The topological polar surface area (TPSA) is 324 Å². The maximum atomic E-state index is 15.4. The van der Waals surface area contributed by atoms with Crippen LogP contribution in [0.15, 0.2) is 115 Å². The summed E-state index contributed by atoms with van der Waals surface area (Å²) in [5.41, 5.74) is 8.49. The number of nitrogens with one attached hydrogen (secondary N) is 6. The zero-order valence-electron chi connectivity index (χ0n) is 37.8. The molecule has 0 radical (unpaired) electrons. The van der Waals surface area contributed by atoms with Gasteiger partial charge in [0.15, 0.2) is 29.0 Å². The second kappa shape index (κ2) is 18.8. The van der Waals surface area contributed by atoms with Gasteiger partial charge in [-0.05, 0) is 112 Å². The van der Waals surface area contributed by atoms with Crippen LogP contribution in [0.4, 0.5) is 0 Å². The third-order valence-corrected chi connectivity index (χ3v) is 13.1. The number of ether oxygens (including phenoxy) is 2. The molecule has 6 atom stereocenters. The molecule has 7 heterocycles. The molecule has 20 nitrogen and oxygen atoms in total. The highest BCUT2D eigenvalue weighted by atomic mass is 35.5. The van der Waals surface area contributed by atoms with E-state index in [-0.39, 0.29) is 74.4 Å². The number of amides is 5. The average molecular weight is 1010 g/mol. The van der Waals surface area contributed by atoms with Gasteiger partial charge in [0.2, 0.25) is 29.5 Å². The van der Waals surface area contributed by atoms with E-state index >= 15 is 4.79 Å². The Morgan fingerprint density at radius 2 is 1.23 bits per heavy atom. The first-order valence-corrected chi connectivity index (χ1v) is 22.9. The molecule has 13 rings (SSSR count). The summed E-state index contributed by atoms with van der Waals surface area (Å²) in [4.78, 5) is 89.5. The van der Waals surface area contributed by atoms with Crippen LogP contribution >= 0.6 is 11.6 Å². The van der Waals surface area contributed by atoms with E-state index < -0.39 is 89.0 Å². The van der Waals surface area contributed by atoms with Crippen molar-refractivity contribution in [3.63, 3.8) is 0 Å². The third-order valence-electron chi connectivity index (χ3n) is 12.8. The van der Waals surface area contributed by atoms with Gasteiger partial charge in [-0.15, -0.1) is 0 Å². The van der Waals surface area contributed by atoms with Gasteiger partial charge >= 0.3 is 5.97 Å². The van der Waals surface area contributed by atoms with Crippen LogP contribution in [0.1, 0.15) is 57.5 Å². The molecule has 1 aromatic heterocycles. The summed E-state index contributed by atoms with van der Waals surface area (Å²) in [7, 11) is 0. The van der Waals surface area contributed by atoms with Crippen molar-refractivity contribution in [2.75, 3.05) is 0 Å². The fraction of sp³-hybridized carbons (Fsp3) is 0.154. The number of aromatic hydroxyl groups is 4. The summed E-state index contributed by atoms with van der Waals surface area (Å²) in [5.74, 6) is -8.59. The summed E-state index contributed by atoms with van der Waals surface area (Å²) < 4.78 is 12.3. The lowest BCUT2D eigenvalue weighted by molar-refractivity contribution is -0.142. The molecule has 5 amide bonds. The zero-order chi connectivity index (χ0) is 51.4. The predicted molar refractivity (Wildman–Crippen MR) is 260 cm³/mol. The lowest BCUT2D eigenvalue weighted by Gasteiger charge is -2.28. The summed E-state index contributed by atoms with van der Waals surface area (Å²) >= 11 is 6.78. The number of aromatic amines is 1. The van der Waals surface area contributed by atoms with E-state index in [1.807, 2.05) is 0 Å². The van der Waals surface area contributed by atoms with Crippen LogP contribution in [-0.2, 0) is 41.6 Å². The van der Waals surface area contributed by atoms with Crippen molar-refractivity contribution in [1.29, 1.82) is 0 Å². The highest BCUT2D eigenvalue weighted by molar-refractivity contribution is 6.32. The molecule has 0 spiro atoms. The van der Waals surface area contributed by atoms with E-state index in [9.17, 15) is 49.5 Å². The first-order chi connectivity index (χ1) is 35.0. The number of halogens is 1. The maximum Gasteiger partial charge on any atom is 0.330 e. The molecule has 6 aliphatic rings. The average Bonchev–Trinajstić information content (AvgIpc) is 3.75. The van der Waals surface area contributed by atoms with Gasteiger partial charge in [-0.3, -0.25) is 24.0 Å². The van der Waals surface area contributed by atoms with Crippen molar-refractivity contribution in [3.05, 3.63) is 154 Å². The molecule has 4 unspecified atom stereocenters. The Hall–Kier alpha value is -9.27. The second-order valence-corrected chi connectivity index (χ2v) is 18.1. The summed E-state index contributed by atoms with van der Waals surface area (Å²) in [5, 5.41) is 68.0. The minimum Gasteiger partial charge on any atom is -0.508 e. The van der Waals surface area contributed by atoms with Gasteiger partial charge in [-0.2, -0.15) is 0 Å². The van der Waals surface area contributed by atoms with Gasteiger partial charge in [0, 0.05) is 35.2 Å². The monoisotopic (exact) mass is 1010 g/mol. The Labute approximate surface area is 417 Å². The van der Waals surface area contributed by atoms with Crippen molar-refractivity contribution in [2.45, 2.75) is 49.1 Å². The molecule has 6 aliphatic heterocycles. The number of H-pyrrole nitrogens is 1. The van der Waals surface area contributed by atoms with Crippen LogP contribution in [0.25, 0.3) is 22.0 Å². The number of fused-ring (bicyclic) bond motifs is 14. The molecule has 0 fully saturated rings. The number of rotatable bonds is 2. The van der Waals surface area contributed by atoms with Gasteiger partial charge in [0.25, 0.3) is 0 Å². The number of nitrogens with two attached hydrogens (primary N) is 1. The molecule has 7 aromatic rings. The highest BCUT2D eigenvalue weighted by Gasteiger charge is 2.37. The number of phenolic OH excluding ortho intramolecular Hbond substituents is 4. The smallest absolute Gasteiger partial charge is 0.330 e. The molecular formula is C52H42ClN7O13. The number of aromatic nitrogens is 1. The van der Waals surface area contributed by atoms with E-state index in [2.05, 4.69) is 31.6 Å². The van der Waals surface area contributed by atoms with Crippen LogP contribution in [0.5, 0.6) is 46.0 Å². The quantitative estimate of drug-likeness (QED) is 0.109. The Balaban J connectivity index is 1.18. The number of hydrogen-bond donors (Lipinski definition) is 12. The van der Waals surface area contributed by atoms with Crippen LogP contribution < -0.4 is 41.8 Å². The number of phenols is 4. The predicted octanol–water partition coefficient (Wildman–Crippen LogP) is 4.95. The zero-order valence-corrected chi connectivity index (χ0v) is 38.6. The Morgan fingerprint density at radius 3 is 1.93 bits per heavy atom. The van der Waals surface area contributed by atoms with Crippen molar-refractivity contribution in [1.82, 2.24) is 31.6 Å². The number of aliphatic carboxylic acids is 1. The molecule has 0 aliphatic carbocycles. The molecule has 21 heteroatoms. The van der Waals surface area contributed by atoms with Crippen molar-refractivity contribution in [3.8, 4) is 57.1 Å². The van der Waals surface area contributed by atoms with E-state index in [4.69, 9.17) is 26.8 Å². The van der Waals surface area contributed by atoms with E-state index in [1.165, 1.54) is 60.7 Å². The number of carbonyl (C=O) groups is 6. The molecule has 0 saturated heterocycles. The van der Waals surface area contributed by atoms with E-state index in [1.54, 1.807) is 36.5 Å². The van der Waals surface area contributed by atoms with Gasteiger partial charge in [-0.25, -0.2) is 4.79 Å². The molecule has 73 heavy (non-hydrogen) atoms. The van der Waals surface area contributed by atoms with Crippen LogP contribution in [0.2, 0.25) is 5.02 Å². The Morgan fingerprint density at radius 1 is 0.589 bits per heavy atom. The number of carboxylic acid groups (broad SMARTS) is 1. The first kappa shape index (κ1) is 47.4. The van der Waals surface area contributed by atoms with Crippen LogP contribution in [0, 0.1) is 0 Å². The molecular weight excluding hydrogens is 966 g/mol. The second-order valence-electron chi connectivity index (χ2n) is 17.7. The van der Waals surface area contributed by atoms with E-state index in [0.717, 1.165) is 18.2 Å². The number of carboxylic acids is 1. The molecule has 13 N–H and O–H groups in total. The van der Waals surface area contributed by atoms with Crippen molar-refractivity contribution in [2.24, 2.45) is 5.73 Å². The maximum absolute atomic E-state index is 15.4. The van der Waals surface area contributed by atoms with Gasteiger partial charge in [-0.1, -0.05) is 48.0 Å². The van der Waals surface area contributed by atoms with E-state index in [0.29, 0.717) is 27.6 Å². The molecule has 15 bridgehead atoms. The molecule has 370 valence electrons. The summed E-state index contributed by atoms with van der Waals surface area (Å²) in [6, 6.07) is 15.0.